The zero-order valence-corrected chi connectivity index (χ0v) is 24.4. The van der Waals surface area contributed by atoms with Crippen molar-refractivity contribution in [2.24, 2.45) is 5.41 Å². The van der Waals surface area contributed by atoms with Crippen molar-refractivity contribution < 1.29 is 29.3 Å². The minimum atomic E-state index is -1.25. The molecule has 0 bridgehead atoms. The summed E-state index contributed by atoms with van der Waals surface area (Å²) in [6, 6.07) is 20.3. The number of hydrogen-bond donors (Lipinski definition) is 5. The molecule has 1 aromatic heterocycles. The van der Waals surface area contributed by atoms with Gasteiger partial charge in [0.1, 0.15) is 6.04 Å². The number of methoxy groups -OCH3 is 1. The van der Waals surface area contributed by atoms with E-state index >= 15 is 0 Å². The second-order valence-electron chi connectivity index (χ2n) is 11.3. The molecular weight excluding hydrogens is 536 g/mol. The summed E-state index contributed by atoms with van der Waals surface area (Å²) in [5.41, 5.74) is 2.87. The number of aliphatic hydroxyl groups is 1. The van der Waals surface area contributed by atoms with Crippen LogP contribution in [0.4, 0.5) is 9.59 Å². The average Bonchev–Trinajstić information content (AvgIpc) is 2.95. The lowest BCUT2D eigenvalue weighted by molar-refractivity contribution is -0.126. The Hall–Kier alpha value is -4.44. The zero-order valence-electron chi connectivity index (χ0n) is 24.4. The fraction of sp³-hybridized carbons (Fsp3) is 0.375. The first-order chi connectivity index (χ1) is 20.0. The standard InChI is InChI=1S/C32H40N4O6/c1-32(2,3)28(36-31(41)42-4)29(38)34-24(18-22-13-15-23(16-14-22)25-12-8-9-17-33-25)20-27(37)26(35-30(39)40)19-21-10-6-5-7-11-21/h5-17,24,26-28,35,37H,18-20H2,1-4H3,(H,34,38)(H,36,41)(H,39,40)/t24-,26-,27+,28+/m0/s1. The summed E-state index contributed by atoms with van der Waals surface area (Å²) >= 11 is 0. The van der Waals surface area contributed by atoms with Crippen LogP contribution >= 0.6 is 0 Å². The van der Waals surface area contributed by atoms with Gasteiger partial charge in [-0.05, 0) is 47.9 Å². The number of pyridine rings is 1. The molecule has 0 radical (unpaired) electrons. The molecule has 4 atom stereocenters. The Balaban J connectivity index is 1.85. The molecule has 10 heteroatoms. The Labute approximate surface area is 246 Å². The van der Waals surface area contributed by atoms with E-state index in [9.17, 15) is 24.6 Å². The maximum Gasteiger partial charge on any atom is 0.407 e. The summed E-state index contributed by atoms with van der Waals surface area (Å²) in [5.74, 6) is -0.444. The second-order valence-corrected chi connectivity index (χ2v) is 11.3. The lowest BCUT2D eigenvalue weighted by Gasteiger charge is -2.33. The molecule has 0 aliphatic rings. The smallest absolute Gasteiger partial charge is 0.407 e. The predicted octanol–water partition coefficient (Wildman–Crippen LogP) is 4.18. The monoisotopic (exact) mass is 576 g/mol. The Morgan fingerprint density at radius 2 is 1.50 bits per heavy atom. The Bertz CT molecular complexity index is 1300. The highest BCUT2D eigenvalue weighted by molar-refractivity contribution is 5.86. The summed E-state index contributed by atoms with van der Waals surface area (Å²) in [6.07, 6.45) is -0.715. The van der Waals surface area contributed by atoms with E-state index in [0.29, 0.717) is 6.42 Å². The highest BCUT2D eigenvalue weighted by atomic mass is 16.5. The largest absolute Gasteiger partial charge is 0.465 e. The Morgan fingerprint density at radius 1 is 0.857 bits per heavy atom. The molecule has 3 amide bonds. The van der Waals surface area contributed by atoms with Gasteiger partial charge in [-0.3, -0.25) is 9.78 Å². The van der Waals surface area contributed by atoms with Crippen molar-refractivity contribution in [3.8, 4) is 11.3 Å². The van der Waals surface area contributed by atoms with Gasteiger partial charge >= 0.3 is 12.2 Å². The van der Waals surface area contributed by atoms with Gasteiger partial charge in [0, 0.05) is 17.8 Å². The number of aromatic nitrogens is 1. The lowest BCUT2D eigenvalue weighted by Crippen LogP contribution is -2.56. The summed E-state index contributed by atoms with van der Waals surface area (Å²) in [4.78, 5) is 41.5. The van der Waals surface area contributed by atoms with Crippen molar-refractivity contribution in [2.45, 2.75) is 64.3 Å². The maximum absolute atomic E-state index is 13.5. The van der Waals surface area contributed by atoms with Crippen molar-refractivity contribution in [3.05, 3.63) is 90.1 Å². The van der Waals surface area contributed by atoms with Gasteiger partial charge in [0.05, 0.1) is 24.9 Å². The number of nitrogens with zero attached hydrogens (tertiary/aromatic N) is 1. The molecule has 2 aromatic carbocycles. The van der Waals surface area contributed by atoms with Crippen molar-refractivity contribution in [2.75, 3.05) is 7.11 Å². The molecule has 0 unspecified atom stereocenters. The van der Waals surface area contributed by atoms with E-state index < -0.39 is 47.7 Å². The van der Waals surface area contributed by atoms with Crippen molar-refractivity contribution in [3.63, 3.8) is 0 Å². The molecule has 5 N–H and O–H groups in total. The first-order valence-electron chi connectivity index (χ1n) is 13.8. The van der Waals surface area contributed by atoms with Gasteiger partial charge in [0.25, 0.3) is 0 Å². The summed E-state index contributed by atoms with van der Waals surface area (Å²) in [7, 11) is 1.23. The maximum atomic E-state index is 13.5. The molecule has 3 rings (SSSR count). The van der Waals surface area contributed by atoms with Gasteiger partial charge in [-0.2, -0.15) is 0 Å². The molecule has 0 aliphatic heterocycles. The molecule has 10 nitrogen and oxygen atoms in total. The predicted molar refractivity (Wildman–Crippen MR) is 160 cm³/mol. The number of carbonyl (C=O) groups is 3. The first kappa shape index (κ1) is 32.1. The number of benzene rings is 2. The molecule has 0 saturated heterocycles. The van der Waals surface area contributed by atoms with Crippen LogP contribution in [0.5, 0.6) is 0 Å². The van der Waals surface area contributed by atoms with Crippen LogP contribution in [0.3, 0.4) is 0 Å². The third-order valence-corrected chi connectivity index (χ3v) is 6.92. The van der Waals surface area contributed by atoms with Crippen LogP contribution < -0.4 is 16.0 Å². The summed E-state index contributed by atoms with van der Waals surface area (Å²) in [6.45, 7) is 5.46. The number of amides is 3. The van der Waals surface area contributed by atoms with E-state index in [1.54, 1.807) is 6.20 Å². The fourth-order valence-electron chi connectivity index (χ4n) is 4.73. The number of hydrogen-bond acceptors (Lipinski definition) is 6. The van der Waals surface area contributed by atoms with E-state index in [1.165, 1.54) is 7.11 Å². The van der Waals surface area contributed by atoms with E-state index in [-0.39, 0.29) is 12.8 Å². The number of carboxylic acid groups (broad SMARTS) is 1. The summed E-state index contributed by atoms with van der Waals surface area (Å²) in [5, 5.41) is 28.8. The zero-order chi connectivity index (χ0) is 30.7. The Morgan fingerprint density at radius 3 is 2.07 bits per heavy atom. The van der Waals surface area contributed by atoms with Gasteiger partial charge in [0.15, 0.2) is 0 Å². The highest BCUT2D eigenvalue weighted by Crippen LogP contribution is 2.22. The topological polar surface area (TPSA) is 150 Å². The molecule has 1 heterocycles. The van der Waals surface area contributed by atoms with Gasteiger partial charge in [-0.15, -0.1) is 0 Å². The van der Waals surface area contributed by atoms with Crippen LogP contribution in [0.2, 0.25) is 0 Å². The average molecular weight is 577 g/mol. The number of carbonyl (C=O) groups excluding carboxylic acids is 2. The van der Waals surface area contributed by atoms with Crippen molar-refractivity contribution in [1.82, 2.24) is 20.9 Å². The van der Waals surface area contributed by atoms with Gasteiger partial charge in [0.2, 0.25) is 5.91 Å². The molecule has 0 saturated carbocycles. The quantitative estimate of drug-likeness (QED) is 0.217. The molecule has 224 valence electrons. The third kappa shape index (κ3) is 9.88. The third-order valence-electron chi connectivity index (χ3n) is 6.92. The van der Waals surface area contributed by atoms with Gasteiger partial charge in [-0.25, -0.2) is 9.59 Å². The summed E-state index contributed by atoms with van der Waals surface area (Å²) < 4.78 is 4.72. The molecule has 0 fully saturated rings. The van der Waals surface area contributed by atoms with E-state index in [0.717, 1.165) is 22.4 Å². The Kier molecular flexibility index (Phi) is 11.4. The molecular formula is C32H40N4O6. The van der Waals surface area contributed by atoms with Crippen LogP contribution in [0.1, 0.15) is 38.3 Å². The first-order valence-corrected chi connectivity index (χ1v) is 13.8. The van der Waals surface area contributed by atoms with Crippen LogP contribution in [0.15, 0.2) is 79.0 Å². The van der Waals surface area contributed by atoms with E-state index in [1.807, 2.05) is 93.6 Å². The van der Waals surface area contributed by atoms with Crippen molar-refractivity contribution in [1.29, 1.82) is 0 Å². The van der Waals surface area contributed by atoms with Crippen LogP contribution in [0, 0.1) is 5.41 Å². The molecule has 42 heavy (non-hydrogen) atoms. The van der Waals surface area contributed by atoms with Crippen LogP contribution in [-0.4, -0.2) is 64.6 Å². The number of nitrogens with one attached hydrogen (secondary N) is 3. The minimum Gasteiger partial charge on any atom is -0.465 e. The molecule has 3 aromatic rings. The molecule has 0 spiro atoms. The fourth-order valence-corrected chi connectivity index (χ4v) is 4.73. The van der Waals surface area contributed by atoms with Crippen molar-refractivity contribution >= 4 is 18.1 Å². The van der Waals surface area contributed by atoms with Crippen LogP contribution in [-0.2, 0) is 22.4 Å². The highest BCUT2D eigenvalue weighted by Gasteiger charge is 2.35. The SMILES string of the molecule is COC(=O)N[C@H](C(=O)N[C@@H](Cc1ccc(-c2ccccn2)cc1)C[C@@H](O)[C@H](Cc1ccccc1)NC(=O)O)C(C)(C)C. The number of ether oxygens (including phenoxy) is 1. The minimum absolute atomic E-state index is 0.0562. The number of aliphatic hydroxyl groups excluding tert-OH is 1. The van der Waals surface area contributed by atoms with E-state index in [4.69, 9.17) is 4.74 Å². The van der Waals surface area contributed by atoms with E-state index in [2.05, 4.69) is 20.9 Å². The number of alkyl carbamates (subject to hydrolysis) is 1. The lowest BCUT2D eigenvalue weighted by atomic mass is 9.85. The van der Waals surface area contributed by atoms with Crippen LogP contribution in [0.25, 0.3) is 11.3 Å². The second kappa shape index (κ2) is 15.0. The van der Waals surface area contributed by atoms with Gasteiger partial charge < -0.3 is 30.9 Å². The van der Waals surface area contributed by atoms with Gasteiger partial charge in [-0.1, -0.05) is 81.4 Å². The molecule has 0 aliphatic carbocycles. The normalized spacial score (nSPS) is 14.1. The number of rotatable bonds is 12.